The maximum atomic E-state index is 9.88. The van der Waals surface area contributed by atoms with E-state index < -0.39 is 5.97 Å². The van der Waals surface area contributed by atoms with Gasteiger partial charge in [0.15, 0.2) is 0 Å². The van der Waals surface area contributed by atoms with Crippen molar-refractivity contribution in [1.29, 1.82) is 0 Å². The molecule has 43 valence electrons. The molecule has 0 spiro atoms. The first-order valence-electron chi connectivity index (χ1n) is 2.02. The number of rotatable bonds is 2. The third-order valence-corrected chi connectivity index (χ3v) is 1.24. The first-order valence-corrected chi connectivity index (χ1v) is 2.65. The Hall–Kier alpha value is 0.820. The van der Waals surface area contributed by atoms with Gasteiger partial charge in [0.25, 0.3) is 0 Å². The van der Waals surface area contributed by atoms with Crippen LogP contribution in [0.25, 0.3) is 0 Å². The second-order valence-corrected chi connectivity index (χ2v) is 1.79. The van der Waals surface area contributed by atoms with Gasteiger partial charge in [-0.2, -0.15) is 12.6 Å². The number of hydrogen-bond donors (Lipinski definition) is 2. The molecule has 0 bridgehead atoms. The fourth-order valence-corrected chi connectivity index (χ4v) is 0.234. The van der Waals surface area contributed by atoms with Gasteiger partial charge in [-0.15, -0.1) is 0 Å². The third kappa shape index (κ3) is 4.97. The van der Waals surface area contributed by atoms with Crippen molar-refractivity contribution in [2.24, 2.45) is 5.92 Å². The van der Waals surface area contributed by atoms with Gasteiger partial charge in [-0.05, 0) is 0 Å². The summed E-state index contributed by atoms with van der Waals surface area (Å²) < 4.78 is 0. The van der Waals surface area contributed by atoms with Crippen molar-refractivity contribution in [2.45, 2.75) is 6.92 Å². The van der Waals surface area contributed by atoms with E-state index in [9.17, 15) is 4.79 Å². The second kappa shape index (κ2) is 5.95. The van der Waals surface area contributed by atoms with Crippen LogP contribution in [0.5, 0.6) is 0 Å². The van der Waals surface area contributed by atoms with Crippen LogP contribution in [-0.2, 0) is 4.79 Å². The maximum absolute atomic E-state index is 9.88. The Bertz CT molecular complexity index is 76.4. The van der Waals surface area contributed by atoms with Crippen molar-refractivity contribution < 1.29 is 9.90 Å². The minimum atomic E-state index is -0.782. The molecule has 0 aromatic heterocycles. The van der Waals surface area contributed by atoms with Crippen LogP contribution in [0.2, 0.25) is 0 Å². The molecule has 0 saturated heterocycles. The van der Waals surface area contributed by atoms with Gasteiger partial charge in [0, 0.05) is 35.3 Å². The van der Waals surface area contributed by atoms with E-state index in [1.807, 2.05) is 0 Å². The fourth-order valence-electron chi connectivity index (χ4n) is 0.0781. The van der Waals surface area contributed by atoms with Crippen LogP contribution in [0, 0.1) is 5.92 Å². The van der Waals surface area contributed by atoms with Gasteiger partial charge in [0.1, 0.15) is 0 Å². The van der Waals surface area contributed by atoms with E-state index in [1.165, 1.54) is 0 Å². The Kier molecular flexibility index (Phi) is 8.62. The molecule has 8 heavy (non-hydrogen) atoms. The van der Waals surface area contributed by atoms with Gasteiger partial charge in [0.2, 0.25) is 0 Å². The molecule has 1 unspecified atom stereocenters. The zero-order valence-corrected chi connectivity index (χ0v) is 7.98. The summed E-state index contributed by atoms with van der Waals surface area (Å²) >= 11 is 3.77. The molecule has 0 fully saturated rings. The van der Waals surface area contributed by atoms with Gasteiger partial charge in [-0.25, -0.2) is 0 Å². The zero-order valence-electron chi connectivity index (χ0n) is 5.09. The normalized spacial score (nSPS) is 11.8. The summed E-state index contributed by atoms with van der Waals surface area (Å²) in [4.78, 5) is 9.88. The van der Waals surface area contributed by atoms with Gasteiger partial charge in [0.05, 0.1) is 5.92 Å². The van der Waals surface area contributed by atoms with Crippen LogP contribution >= 0.6 is 12.6 Å². The number of carboxylic acids is 1. The van der Waals surface area contributed by atoms with Gasteiger partial charge in [-0.3, -0.25) is 4.79 Å². The van der Waals surface area contributed by atoms with Gasteiger partial charge < -0.3 is 5.11 Å². The summed E-state index contributed by atoms with van der Waals surface area (Å²) in [7, 11) is 0. The van der Waals surface area contributed by atoms with E-state index in [0.717, 1.165) is 0 Å². The predicted molar refractivity (Wildman–Crippen MR) is 36.4 cm³/mol. The van der Waals surface area contributed by atoms with Crippen molar-refractivity contribution >= 4 is 48.2 Å². The number of carbonyl (C=O) groups is 1. The quantitative estimate of drug-likeness (QED) is 0.429. The van der Waals surface area contributed by atoms with Crippen molar-refractivity contribution in [3.8, 4) is 0 Å². The van der Waals surface area contributed by atoms with E-state index in [2.05, 4.69) is 12.6 Å². The van der Waals surface area contributed by atoms with Crippen molar-refractivity contribution in [3.05, 3.63) is 0 Å². The minimum absolute atomic E-state index is 0. The average Bonchev–Trinajstić information content (AvgIpc) is 1.65. The van der Waals surface area contributed by atoms with Crippen LogP contribution in [0.15, 0.2) is 0 Å². The molecule has 4 heteroatoms. The molecule has 2 nitrogen and oxygen atoms in total. The average molecular weight is 143 g/mol. The monoisotopic (exact) mass is 143 g/mol. The summed E-state index contributed by atoms with van der Waals surface area (Å²) in [5.74, 6) is -0.687. The maximum Gasteiger partial charge on any atom is 0.307 e. The molecule has 0 amide bonds. The molecule has 0 aliphatic carbocycles. The molecular weight excluding hydrogens is 135 g/mol. The second-order valence-electron chi connectivity index (χ2n) is 1.42. The Balaban J connectivity index is 0. The molecule has 0 saturated carbocycles. The van der Waals surface area contributed by atoms with Crippen LogP contribution in [0.3, 0.4) is 0 Å². The number of hydrogen-bond acceptors (Lipinski definition) is 2. The van der Waals surface area contributed by atoms with Crippen LogP contribution < -0.4 is 0 Å². The molecule has 1 N–H and O–H groups in total. The van der Waals surface area contributed by atoms with Crippen LogP contribution in [0.4, 0.5) is 0 Å². The summed E-state index contributed by atoms with van der Waals surface area (Å²) in [6.07, 6.45) is 0. The first-order chi connectivity index (χ1) is 3.18. The number of thiol groups is 1. The van der Waals surface area contributed by atoms with Gasteiger partial charge >= 0.3 is 5.97 Å². The van der Waals surface area contributed by atoms with Crippen LogP contribution in [0.1, 0.15) is 6.92 Å². The number of carboxylic acid groups (broad SMARTS) is 1. The largest absolute Gasteiger partial charge is 0.481 e. The summed E-state index contributed by atoms with van der Waals surface area (Å²) in [5.41, 5.74) is 0. The van der Waals surface area contributed by atoms with E-state index in [1.54, 1.807) is 6.92 Å². The Morgan fingerprint density at radius 2 is 2.25 bits per heavy atom. The standard InChI is InChI=1S/C4H8O2S.Na/c1-3(2-7)4(5)6;/h3,7H,2H2,1H3,(H,5,6);. The molecule has 0 aliphatic heterocycles. The SMILES string of the molecule is CC(CS)C(=O)O.[Na]. The van der Waals surface area contributed by atoms with Crippen LogP contribution in [-0.4, -0.2) is 46.4 Å². The minimum Gasteiger partial charge on any atom is -0.481 e. The smallest absolute Gasteiger partial charge is 0.307 e. The molecule has 1 radical (unpaired) electrons. The summed E-state index contributed by atoms with van der Waals surface area (Å²) in [6.45, 7) is 1.62. The van der Waals surface area contributed by atoms with E-state index in [0.29, 0.717) is 5.75 Å². The first kappa shape index (κ1) is 11.6. The Morgan fingerprint density at radius 1 is 1.88 bits per heavy atom. The van der Waals surface area contributed by atoms with Crippen molar-refractivity contribution in [1.82, 2.24) is 0 Å². The van der Waals surface area contributed by atoms with Gasteiger partial charge in [-0.1, -0.05) is 6.92 Å². The predicted octanol–water partition coefficient (Wildman–Crippen LogP) is 0.256. The summed E-state index contributed by atoms with van der Waals surface area (Å²) in [6, 6.07) is 0. The molecule has 0 heterocycles. The molecule has 0 aromatic rings. The molecule has 0 aliphatic rings. The molecule has 0 aromatic carbocycles. The fraction of sp³-hybridized carbons (Fsp3) is 0.750. The zero-order chi connectivity index (χ0) is 5.86. The molecule has 0 rings (SSSR count). The van der Waals surface area contributed by atoms with E-state index in [4.69, 9.17) is 5.11 Å². The van der Waals surface area contributed by atoms with E-state index in [-0.39, 0.29) is 35.5 Å². The topological polar surface area (TPSA) is 37.3 Å². The van der Waals surface area contributed by atoms with Crippen molar-refractivity contribution in [3.63, 3.8) is 0 Å². The molecule has 1 atom stereocenters. The molecular formula is C4H8NaO2S. The van der Waals surface area contributed by atoms with Crippen molar-refractivity contribution in [2.75, 3.05) is 5.75 Å². The Labute approximate surface area is 76.4 Å². The number of aliphatic carboxylic acids is 1. The third-order valence-electron chi connectivity index (χ3n) is 0.695. The summed E-state index contributed by atoms with van der Waals surface area (Å²) in [5, 5.41) is 8.13. The Morgan fingerprint density at radius 3 is 2.25 bits per heavy atom. The van der Waals surface area contributed by atoms with E-state index >= 15 is 0 Å².